The molecule has 0 aliphatic heterocycles. The topological polar surface area (TPSA) is 86.7 Å². The molecule has 5 nitrogen and oxygen atoms in total. The maximum absolute atomic E-state index is 10.4. The zero-order chi connectivity index (χ0) is 19.9. The van der Waals surface area contributed by atoms with Crippen molar-refractivity contribution >= 4 is 10.1 Å². The lowest BCUT2D eigenvalue weighted by molar-refractivity contribution is -0.867. The predicted octanol–water partition coefficient (Wildman–Crippen LogP) is 0.582. The molecule has 2 rings (SSSR count). The maximum Gasteiger partial charge on any atom is 0.519 e. The van der Waals surface area contributed by atoms with Gasteiger partial charge in [0.05, 0.1) is 11.0 Å². The van der Waals surface area contributed by atoms with Crippen LogP contribution in [0.25, 0.3) is 0 Å². The molecule has 0 aromatic heterocycles. The molecule has 0 saturated carbocycles. The van der Waals surface area contributed by atoms with Crippen LogP contribution in [0.15, 0.2) is 47.4 Å². The van der Waals surface area contributed by atoms with Crippen molar-refractivity contribution in [3.8, 4) is 0 Å². The second kappa shape index (κ2) is 10.4. The normalized spacial score (nSPS) is 12.5. The molecule has 7 heteroatoms. The Morgan fingerprint density at radius 2 is 1.58 bits per heavy atom. The Hall–Kier alpha value is -1.00. The van der Waals surface area contributed by atoms with Crippen molar-refractivity contribution in [1.82, 2.24) is 0 Å². The molecule has 2 aromatic rings. The zero-order valence-corrected chi connectivity index (χ0v) is 18.5. The molecule has 2 aromatic carbocycles. The van der Waals surface area contributed by atoms with Crippen LogP contribution in [0.4, 0.5) is 0 Å². The number of halogens is 1. The summed E-state index contributed by atoms with van der Waals surface area (Å²) in [6, 6.07) is 12.0. The summed E-state index contributed by atoms with van der Waals surface area (Å²) in [6.45, 7) is 8.14. The average molecular weight is 492 g/mol. The minimum absolute atomic E-state index is 0.0607. The lowest BCUT2D eigenvalue weighted by Gasteiger charge is -2.12. The van der Waals surface area contributed by atoms with Crippen LogP contribution in [-0.4, -0.2) is 23.5 Å². The lowest BCUT2D eigenvalue weighted by atomic mass is 9.99. The van der Waals surface area contributed by atoms with Gasteiger partial charge in [-0.05, 0) is 31.9 Å². The van der Waals surface area contributed by atoms with Crippen molar-refractivity contribution in [2.45, 2.75) is 44.6 Å². The fourth-order valence-corrected chi connectivity index (χ4v) is 4.71. The van der Waals surface area contributed by atoms with Crippen LogP contribution in [0.2, 0.25) is 0 Å². The van der Waals surface area contributed by atoms with Gasteiger partial charge in [-0.2, -0.15) is 3.44 Å². The number of hydrogen-bond acceptors (Lipinski definition) is 5. The summed E-state index contributed by atoms with van der Waals surface area (Å²) in [7, 11) is -2.57. The van der Waals surface area contributed by atoms with Gasteiger partial charge in [0.2, 0.25) is 3.57 Å². The van der Waals surface area contributed by atoms with Gasteiger partial charge in [-0.15, -0.1) is 0 Å². The molecule has 1 N–H and O–H groups in total. The van der Waals surface area contributed by atoms with E-state index in [4.69, 9.17) is 4.74 Å². The molecular weight excluding hydrogens is 467 g/mol. The number of benzene rings is 2. The Balaban J connectivity index is 0.000000273. The number of hydrogen-bond donors (Lipinski definition) is 1. The fraction of sp³-hybridized carbons (Fsp3) is 0.368. The molecule has 0 fully saturated rings. The van der Waals surface area contributed by atoms with E-state index in [-0.39, 0.29) is 11.0 Å². The van der Waals surface area contributed by atoms with E-state index in [1.54, 1.807) is 19.2 Å². The van der Waals surface area contributed by atoms with Crippen molar-refractivity contribution in [2.24, 2.45) is 0 Å². The highest BCUT2D eigenvalue weighted by atomic mass is 127. The second-order valence-corrected chi connectivity index (χ2v) is 9.08. The largest absolute Gasteiger partial charge is 0.744 e. The van der Waals surface area contributed by atoms with E-state index < -0.39 is 31.7 Å². The van der Waals surface area contributed by atoms with Crippen molar-refractivity contribution in [2.75, 3.05) is 7.11 Å². The third kappa shape index (κ3) is 6.62. The molecular formula is C19H25IO5S. The molecule has 0 amide bonds. The summed E-state index contributed by atoms with van der Waals surface area (Å²) >= 11 is -0.887. The van der Waals surface area contributed by atoms with E-state index in [1.807, 2.05) is 26.0 Å². The lowest BCUT2D eigenvalue weighted by Crippen LogP contribution is -3.61. The smallest absolute Gasteiger partial charge is 0.519 e. The standard InChI is InChI=1S/C12H18IO2.C7H8O3S/c1-8(2)10-6-5-7-11(9(3)15-4)12(10)13-14;1-6-2-4-7(5-3-6)11(8,9)10/h5-9,14H,1-4H3;2-5H,1H3,(H,8,9,10)/q+1;/p-1/t9-;/m0./s1. The number of methoxy groups -OCH3 is 1. The van der Waals surface area contributed by atoms with Crippen LogP contribution in [-0.2, 0) is 14.9 Å². The van der Waals surface area contributed by atoms with E-state index in [0.717, 1.165) is 14.7 Å². The maximum atomic E-state index is 10.4. The third-order valence-corrected chi connectivity index (χ3v) is 6.44. The van der Waals surface area contributed by atoms with Gasteiger partial charge in [0, 0.05) is 18.2 Å². The highest BCUT2D eigenvalue weighted by molar-refractivity contribution is 7.85. The van der Waals surface area contributed by atoms with Crippen LogP contribution < -0.4 is 21.6 Å². The van der Waals surface area contributed by atoms with Crippen LogP contribution >= 0.6 is 0 Å². The first-order valence-corrected chi connectivity index (χ1v) is 11.5. The van der Waals surface area contributed by atoms with Crippen LogP contribution in [0, 0.1) is 10.5 Å². The number of ether oxygens (including phenoxy) is 1. The summed E-state index contributed by atoms with van der Waals surface area (Å²) in [5.74, 6) is 0.454. The molecule has 0 aliphatic rings. The molecule has 0 unspecified atom stereocenters. The highest BCUT2D eigenvalue weighted by Crippen LogP contribution is 2.21. The van der Waals surface area contributed by atoms with Crippen molar-refractivity contribution in [3.05, 3.63) is 62.7 Å². The van der Waals surface area contributed by atoms with E-state index in [9.17, 15) is 16.4 Å². The Morgan fingerprint density at radius 3 is 2.00 bits per heavy atom. The second-order valence-electron chi connectivity index (χ2n) is 6.13. The minimum atomic E-state index is -4.27. The Labute approximate surface area is 167 Å². The van der Waals surface area contributed by atoms with E-state index in [2.05, 4.69) is 19.9 Å². The SMILES string of the molecule is CO[C@@H](C)c1cccc(C(C)C)c1[I+]O.Cc1ccc(S(=O)(=O)[O-])cc1. The van der Waals surface area contributed by atoms with Gasteiger partial charge in [-0.3, -0.25) is 0 Å². The highest BCUT2D eigenvalue weighted by Gasteiger charge is 2.25. The number of aryl methyl sites for hydroxylation is 1. The molecule has 0 spiro atoms. The first-order chi connectivity index (χ1) is 12.1. The third-order valence-electron chi connectivity index (χ3n) is 3.87. The van der Waals surface area contributed by atoms with Crippen molar-refractivity contribution in [3.63, 3.8) is 0 Å². The van der Waals surface area contributed by atoms with E-state index in [1.165, 1.54) is 17.7 Å². The molecule has 144 valence electrons. The monoisotopic (exact) mass is 492 g/mol. The van der Waals surface area contributed by atoms with Gasteiger partial charge in [0.1, 0.15) is 10.1 Å². The van der Waals surface area contributed by atoms with Crippen molar-refractivity contribution < 1.29 is 42.8 Å². The summed E-state index contributed by atoms with van der Waals surface area (Å²) < 4.78 is 47.2. The zero-order valence-electron chi connectivity index (χ0n) is 15.6. The molecule has 0 aliphatic carbocycles. The van der Waals surface area contributed by atoms with E-state index in [0.29, 0.717) is 5.92 Å². The minimum Gasteiger partial charge on any atom is -0.744 e. The number of rotatable bonds is 5. The summed E-state index contributed by atoms with van der Waals surface area (Å²) in [5.41, 5.74) is 3.32. The van der Waals surface area contributed by atoms with E-state index >= 15 is 0 Å². The first-order valence-electron chi connectivity index (χ1n) is 8.08. The van der Waals surface area contributed by atoms with Gasteiger partial charge in [0.25, 0.3) is 0 Å². The van der Waals surface area contributed by atoms with Crippen LogP contribution in [0.1, 0.15) is 49.5 Å². The Kier molecular flexibility index (Phi) is 9.18. The van der Waals surface area contributed by atoms with Crippen LogP contribution in [0.3, 0.4) is 0 Å². The van der Waals surface area contributed by atoms with Gasteiger partial charge in [-0.1, -0.05) is 49.7 Å². The molecule has 26 heavy (non-hydrogen) atoms. The predicted molar refractivity (Wildman–Crippen MR) is 96.0 cm³/mol. The van der Waals surface area contributed by atoms with Crippen molar-refractivity contribution in [1.29, 1.82) is 0 Å². The summed E-state index contributed by atoms with van der Waals surface area (Å²) in [5, 5.41) is 0. The Morgan fingerprint density at radius 1 is 1.04 bits per heavy atom. The molecule has 0 heterocycles. The first kappa shape index (κ1) is 23.0. The summed E-state index contributed by atoms with van der Waals surface area (Å²) in [6.07, 6.45) is 0.0607. The quantitative estimate of drug-likeness (QED) is 0.488. The molecule has 1 atom stereocenters. The Bertz CT molecular complexity index is 801. The van der Waals surface area contributed by atoms with Gasteiger partial charge in [-0.25, -0.2) is 8.42 Å². The van der Waals surface area contributed by atoms with Gasteiger partial charge >= 0.3 is 21.6 Å². The fourth-order valence-electron chi connectivity index (χ4n) is 2.26. The van der Waals surface area contributed by atoms with Gasteiger partial charge < -0.3 is 9.29 Å². The molecule has 0 bridgehead atoms. The van der Waals surface area contributed by atoms with Crippen LogP contribution in [0.5, 0.6) is 0 Å². The molecule has 0 saturated heterocycles. The average Bonchev–Trinajstić information content (AvgIpc) is 2.60. The summed E-state index contributed by atoms with van der Waals surface area (Å²) in [4.78, 5) is -0.178. The molecule has 0 radical (unpaired) electrons. The van der Waals surface area contributed by atoms with Gasteiger partial charge in [0.15, 0.2) is 0 Å².